The number of nitrogens with one attached hydrogen (secondary N) is 2. The van der Waals surface area contributed by atoms with Crippen molar-refractivity contribution in [2.45, 2.75) is 73.5 Å². The van der Waals surface area contributed by atoms with Crippen molar-refractivity contribution < 1.29 is 117 Å². The van der Waals surface area contributed by atoms with Crippen molar-refractivity contribution >= 4 is 78.9 Å². The second-order valence-electron chi connectivity index (χ2n) is 17.9. The molecule has 3 fully saturated rings. The summed E-state index contributed by atoms with van der Waals surface area (Å²) in [5.41, 5.74) is 6.65. The minimum Gasteiger partial charge on any atom is -0.778 e. The molecule has 40 nitrogen and oxygen atoms in total. The number of nitrogens with two attached hydrogens (primary N) is 2. The number of aryl methyl sites for hydroxylation is 1. The summed E-state index contributed by atoms with van der Waals surface area (Å²) in [5, 5.41) is 32.9. The van der Waals surface area contributed by atoms with Gasteiger partial charge in [-0.05, 0) is 0 Å². The third-order valence-corrected chi connectivity index (χ3v) is 20.2. The SMILES string of the molecule is CO[C@@H]1[C@H](P(=O)([O-])OC[C@H]2O[C@@H](n3ccc(=O)[nH]c3=O)[C@H](O)[C@@H]2O)[C@@H](COP(=O)(O)OP(=O)(O)OP(=O)(O)OP(=O)(O)OC[C@H]2OC([n+]3cn(C)c4c(=O)[nH]c(N)nc43)[C@H](O)[C@@H]2CC(=O)N(C)C)O[C@H]1n1cnc2c(N)ncnc21. The van der Waals surface area contributed by atoms with E-state index in [1.54, 1.807) is 0 Å². The molecule has 0 aliphatic carbocycles. The molecule has 5 aromatic heterocycles. The van der Waals surface area contributed by atoms with Crippen molar-refractivity contribution in [3.63, 3.8) is 0 Å². The largest absolute Gasteiger partial charge is 0.778 e. The molecule has 0 aromatic carbocycles. The lowest BCUT2D eigenvalue weighted by molar-refractivity contribution is -0.745. The van der Waals surface area contributed by atoms with Crippen LogP contribution in [0.2, 0.25) is 0 Å². The van der Waals surface area contributed by atoms with Crippen LogP contribution >= 0.6 is 38.9 Å². The van der Waals surface area contributed by atoms with Crippen molar-refractivity contribution in [2.24, 2.45) is 13.0 Å². The zero-order valence-corrected chi connectivity index (χ0v) is 45.8. The first-order chi connectivity index (χ1) is 37.2. The van der Waals surface area contributed by atoms with Gasteiger partial charge in [-0.3, -0.25) is 47.1 Å². The number of H-pyrrole nitrogens is 2. The summed E-state index contributed by atoms with van der Waals surface area (Å²) in [5.74, 6) is -2.36. The topological polar surface area (TPSA) is 568 Å². The maximum atomic E-state index is 14.2. The highest BCUT2D eigenvalue weighted by Crippen LogP contribution is 2.72. The number of hydrogen-bond donors (Lipinski definition) is 11. The number of ether oxygens (including phenoxy) is 4. The number of carbonyl (C=O) groups is 1. The first kappa shape index (κ1) is 61.2. The Hall–Kier alpha value is -4.92. The number of aliphatic hydroxyl groups is 3. The number of aliphatic hydroxyl groups excluding tert-OH is 3. The number of rotatable bonds is 22. The summed E-state index contributed by atoms with van der Waals surface area (Å²) >= 11 is 0. The van der Waals surface area contributed by atoms with Crippen LogP contribution in [0, 0.1) is 5.92 Å². The van der Waals surface area contributed by atoms with Gasteiger partial charge in [-0.1, -0.05) is 4.98 Å². The monoisotopic (exact) mass is 1240 g/mol. The number of carbonyl (C=O) groups excluding carboxylic acids is 1. The maximum Gasteiger partial charge on any atom is 0.490 e. The Labute approximate surface area is 445 Å². The summed E-state index contributed by atoms with van der Waals surface area (Å²) in [6, 6.07) is 0.894. The predicted octanol–water partition coefficient (Wildman–Crippen LogP) is -4.59. The van der Waals surface area contributed by atoms with Gasteiger partial charge >= 0.3 is 42.6 Å². The number of amides is 1. The number of phosphoric acid groups is 4. The molecule has 0 saturated carbocycles. The van der Waals surface area contributed by atoms with Crippen molar-refractivity contribution in [3.8, 4) is 0 Å². The Morgan fingerprint density at radius 1 is 0.812 bits per heavy atom. The fourth-order valence-electron chi connectivity index (χ4n) is 8.84. The fourth-order valence-corrected chi connectivity index (χ4v) is 15.5. The molecule has 3 aliphatic rings. The van der Waals surface area contributed by atoms with Crippen LogP contribution in [-0.4, -0.2) is 179 Å². The zero-order valence-electron chi connectivity index (χ0n) is 41.4. The van der Waals surface area contributed by atoms with Crippen LogP contribution in [0.15, 0.2) is 45.6 Å². The van der Waals surface area contributed by atoms with Crippen molar-refractivity contribution in [1.29, 1.82) is 0 Å². The molecule has 13 N–H and O–H groups in total. The Morgan fingerprint density at radius 2 is 1.43 bits per heavy atom. The lowest BCUT2D eigenvalue weighted by Gasteiger charge is -2.35. The molecule has 5 aromatic rings. The number of fused-ring (bicyclic) bond motifs is 2. The molecule has 17 atom stereocenters. The van der Waals surface area contributed by atoms with Gasteiger partial charge in [0.15, 0.2) is 30.2 Å². The zero-order chi connectivity index (χ0) is 58.8. The molecule has 6 unspecified atom stereocenters. The van der Waals surface area contributed by atoms with Gasteiger partial charge in [0, 0.05) is 45.8 Å². The van der Waals surface area contributed by atoms with Crippen LogP contribution in [0.4, 0.5) is 11.8 Å². The third-order valence-electron chi connectivity index (χ3n) is 12.4. The summed E-state index contributed by atoms with van der Waals surface area (Å²) in [7, 11) is -25.6. The van der Waals surface area contributed by atoms with Crippen molar-refractivity contribution in [3.05, 3.63) is 62.4 Å². The number of phosphoric ester groups is 2. The van der Waals surface area contributed by atoms with E-state index in [9.17, 15) is 81.8 Å². The van der Waals surface area contributed by atoms with E-state index < -0.39 is 161 Å². The Balaban J connectivity index is 0.947. The van der Waals surface area contributed by atoms with Gasteiger partial charge in [-0.25, -0.2) is 42.6 Å². The highest BCUT2D eigenvalue weighted by atomic mass is 31.3. The lowest BCUT2D eigenvalue weighted by Crippen LogP contribution is -2.45. The predicted molar refractivity (Wildman–Crippen MR) is 256 cm³/mol. The van der Waals surface area contributed by atoms with Gasteiger partial charge in [0.25, 0.3) is 17.1 Å². The second-order valence-corrected chi connectivity index (χ2v) is 26.1. The minimum absolute atomic E-state index is 0.0214. The Kier molecular flexibility index (Phi) is 17.6. The van der Waals surface area contributed by atoms with Gasteiger partial charge < -0.3 is 84.2 Å². The standard InChI is InChI=1S/C35H50N13O27P5/c1-44(2)19(50)7-14-15(70-31(22(14)51)48-13-45(3)21-29(48)42-34(37)43-30(21)54)8-68-77(58,59)73-79(62,63)75-80(64,65)74-78(60,61)69-10-17-26(25(66-4)33(72-17)47-12-40-20-27(36)38-11-39-28(20)47)76(56,57)67-9-16-23(52)24(53)32(71-16)46-6-5-18(49)41-35(46)55/h5-6,11-17,22-26,31-33,51-53H,7-10H2,1-4H3,(H10-,36,37,38,39,41,42,43,49,54,55,56,57,58,59,60,61,62,63,64,65)/t14-,15-,16-,17-,22-,23-,24-,25-,26-,31?,32-,33-/m1/s1. The van der Waals surface area contributed by atoms with Crippen LogP contribution in [0.5, 0.6) is 0 Å². The van der Waals surface area contributed by atoms with Gasteiger partial charge in [0.2, 0.25) is 17.7 Å². The molecular weight excluding hydrogens is 1190 g/mol. The van der Waals surface area contributed by atoms with Gasteiger partial charge in [-0.2, -0.15) is 12.9 Å². The highest BCUT2D eigenvalue weighted by Gasteiger charge is 2.55. The van der Waals surface area contributed by atoms with Gasteiger partial charge in [0.1, 0.15) is 50.0 Å². The Morgan fingerprint density at radius 3 is 2.05 bits per heavy atom. The van der Waals surface area contributed by atoms with E-state index in [-0.39, 0.29) is 34.1 Å². The molecule has 45 heteroatoms. The molecule has 8 heterocycles. The molecule has 3 saturated heterocycles. The first-order valence-corrected chi connectivity index (χ1v) is 30.3. The fraction of sp³-hybridized carbons (Fsp3) is 0.571. The Bertz CT molecular complexity index is 3600. The van der Waals surface area contributed by atoms with Crippen molar-refractivity contribution in [2.75, 3.05) is 52.5 Å². The van der Waals surface area contributed by atoms with Crippen LogP contribution in [0.3, 0.4) is 0 Å². The first-order valence-electron chi connectivity index (χ1n) is 22.7. The highest BCUT2D eigenvalue weighted by molar-refractivity contribution is 7.69. The average Bonchev–Trinajstić information content (AvgIpc) is 4.37. The number of imidazole rings is 2. The van der Waals surface area contributed by atoms with Crippen LogP contribution in [0.25, 0.3) is 22.3 Å². The third kappa shape index (κ3) is 13.0. The number of hydrogen-bond acceptors (Lipinski definition) is 29. The smallest absolute Gasteiger partial charge is 0.490 e. The number of nitrogen functional groups attached to an aromatic ring is 2. The molecule has 0 spiro atoms. The van der Waals surface area contributed by atoms with E-state index in [1.807, 2.05) is 4.98 Å². The van der Waals surface area contributed by atoms with E-state index in [2.05, 4.69) is 37.9 Å². The van der Waals surface area contributed by atoms with Crippen LogP contribution in [-0.2, 0) is 80.1 Å². The molecule has 1 amide bonds. The van der Waals surface area contributed by atoms with Gasteiger partial charge in [-0.15, -0.1) is 0 Å². The van der Waals surface area contributed by atoms with E-state index in [4.69, 9.17) is 44.0 Å². The summed E-state index contributed by atoms with van der Waals surface area (Å²) in [6.07, 6.45) is -13.6. The summed E-state index contributed by atoms with van der Waals surface area (Å²) in [4.78, 5) is 127. The molecule has 0 bridgehead atoms. The summed E-state index contributed by atoms with van der Waals surface area (Å²) < 4.78 is 121. The molecule has 442 valence electrons. The van der Waals surface area contributed by atoms with E-state index in [0.717, 1.165) is 41.5 Å². The average molecular weight is 1240 g/mol. The molecule has 80 heavy (non-hydrogen) atoms. The number of nitrogens with zero attached hydrogens (tertiary/aromatic N) is 9. The van der Waals surface area contributed by atoms with Crippen molar-refractivity contribution in [1.82, 2.24) is 48.5 Å². The lowest BCUT2D eigenvalue weighted by atomic mass is 9.94. The summed E-state index contributed by atoms with van der Waals surface area (Å²) in [6.45, 7) is -3.68. The normalized spacial score (nSPS) is 29.9. The van der Waals surface area contributed by atoms with Gasteiger partial charge in [0.05, 0.1) is 51.1 Å². The maximum absolute atomic E-state index is 14.2. The number of methoxy groups -OCH3 is 1. The van der Waals surface area contributed by atoms with Crippen LogP contribution in [0.1, 0.15) is 25.1 Å². The molecule has 8 rings (SSSR count). The molecular formula is C35H50N13O27P5. The molecule has 0 radical (unpaired) electrons. The van der Waals surface area contributed by atoms with E-state index in [0.29, 0.717) is 4.57 Å². The van der Waals surface area contributed by atoms with E-state index in [1.165, 1.54) is 36.6 Å². The van der Waals surface area contributed by atoms with E-state index >= 15 is 0 Å². The number of aromatic nitrogens is 10. The minimum atomic E-state index is -6.50. The van der Waals surface area contributed by atoms with Crippen LogP contribution < -0.4 is 37.7 Å². The molecule has 3 aliphatic heterocycles. The second kappa shape index (κ2) is 23.0. The quantitative estimate of drug-likeness (QED) is 0.0229. The number of aromatic amines is 2. The number of anilines is 2.